The Morgan fingerprint density at radius 3 is 2.67 bits per heavy atom. The third-order valence-corrected chi connectivity index (χ3v) is 6.52. The third kappa shape index (κ3) is 4.53. The number of anilines is 1. The zero-order valence-electron chi connectivity index (χ0n) is 18.4. The second-order valence-corrected chi connectivity index (χ2v) is 8.84. The molecule has 4 heterocycles. The number of para-hydroxylation sites is 1. The summed E-state index contributed by atoms with van der Waals surface area (Å²) in [6.45, 7) is 3.18. The van der Waals surface area contributed by atoms with Crippen molar-refractivity contribution in [2.75, 3.05) is 38.3 Å². The summed E-state index contributed by atoms with van der Waals surface area (Å²) in [7, 11) is 1.83. The van der Waals surface area contributed by atoms with Gasteiger partial charge in [-0.05, 0) is 35.7 Å². The average Bonchev–Trinajstić information content (AvgIpc) is 3.55. The first kappa shape index (κ1) is 21.4. The van der Waals surface area contributed by atoms with E-state index in [-0.39, 0.29) is 5.91 Å². The van der Waals surface area contributed by atoms with E-state index in [1.54, 1.807) is 22.4 Å². The molecule has 8 heteroatoms. The molecule has 0 aliphatic carbocycles. The molecule has 1 saturated heterocycles. The fraction of sp³-hybridized carbons (Fsp3) is 0.240. The number of nitrogens with zero attached hydrogens (tertiary/aromatic N) is 5. The Morgan fingerprint density at radius 2 is 1.91 bits per heavy atom. The number of hydrogen-bond acceptors (Lipinski definition) is 6. The molecular formula is C25H25N5O2S. The van der Waals surface area contributed by atoms with E-state index < -0.39 is 0 Å². The number of thiophene rings is 1. The van der Waals surface area contributed by atoms with Crippen LogP contribution >= 0.6 is 11.3 Å². The Labute approximate surface area is 196 Å². The van der Waals surface area contributed by atoms with Crippen molar-refractivity contribution in [2.24, 2.45) is 0 Å². The van der Waals surface area contributed by atoms with Gasteiger partial charge in [0.25, 0.3) is 5.91 Å². The lowest BCUT2D eigenvalue weighted by Crippen LogP contribution is -2.38. The Morgan fingerprint density at radius 1 is 1.09 bits per heavy atom. The minimum absolute atomic E-state index is 0.0609. The molecule has 3 aromatic heterocycles. The average molecular weight is 460 g/mol. The van der Waals surface area contributed by atoms with Crippen LogP contribution in [0.4, 0.5) is 5.82 Å². The van der Waals surface area contributed by atoms with Gasteiger partial charge in [0.2, 0.25) is 0 Å². The molecule has 0 unspecified atom stereocenters. The van der Waals surface area contributed by atoms with Gasteiger partial charge >= 0.3 is 0 Å². The molecule has 0 spiro atoms. The number of morpholine rings is 1. The lowest BCUT2D eigenvalue weighted by Gasteiger charge is -2.29. The normalized spacial score (nSPS) is 13.8. The maximum Gasteiger partial charge on any atom is 0.257 e. The topological polar surface area (TPSA) is 63.5 Å². The Bertz CT molecular complexity index is 1220. The first-order chi connectivity index (χ1) is 16.2. The van der Waals surface area contributed by atoms with Gasteiger partial charge in [-0.3, -0.25) is 4.79 Å². The van der Waals surface area contributed by atoms with Crippen LogP contribution in [0.5, 0.6) is 0 Å². The SMILES string of the molecule is CN(Cc1cn(-c2ccccc2)nc1-c1cccs1)C(=O)c1cccnc1N1CCOCC1. The van der Waals surface area contributed by atoms with Crippen LogP contribution in [0.3, 0.4) is 0 Å². The van der Waals surface area contributed by atoms with Gasteiger partial charge in [0.15, 0.2) is 0 Å². The number of pyridine rings is 1. The fourth-order valence-electron chi connectivity index (χ4n) is 3.98. The number of amides is 1. The molecule has 0 bridgehead atoms. The summed E-state index contributed by atoms with van der Waals surface area (Å²) in [6, 6.07) is 17.8. The lowest BCUT2D eigenvalue weighted by molar-refractivity contribution is 0.0784. The van der Waals surface area contributed by atoms with Crippen molar-refractivity contribution in [1.82, 2.24) is 19.7 Å². The Kier molecular flexibility index (Phi) is 6.19. The van der Waals surface area contributed by atoms with Crippen LogP contribution in [0.2, 0.25) is 0 Å². The summed E-state index contributed by atoms with van der Waals surface area (Å²) < 4.78 is 7.34. The summed E-state index contributed by atoms with van der Waals surface area (Å²) in [6.07, 6.45) is 3.75. The summed E-state index contributed by atoms with van der Waals surface area (Å²) >= 11 is 1.64. The molecule has 168 valence electrons. The molecule has 1 aliphatic heterocycles. The molecule has 1 amide bonds. The van der Waals surface area contributed by atoms with Gasteiger partial charge in [-0.1, -0.05) is 24.3 Å². The van der Waals surface area contributed by atoms with E-state index in [0.717, 1.165) is 40.7 Å². The standard InChI is InChI=1S/C25H25N5O2S/c1-28(25(31)21-9-5-11-26-24(21)29-12-14-32-15-13-29)17-19-18-30(20-7-3-2-4-8-20)27-23(19)22-10-6-16-33-22/h2-11,16,18H,12-15,17H2,1H3. The van der Waals surface area contributed by atoms with Crippen molar-refractivity contribution in [2.45, 2.75) is 6.54 Å². The second-order valence-electron chi connectivity index (χ2n) is 7.90. The van der Waals surface area contributed by atoms with E-state index in [2.05, 4.69) is 16.0 Å². The van der Waals surface area contributed by atoms with Crippen LogP contribution in [-0.2, 0) is 11.3 Å². The van der Waals surface area contributed by atoms with Crippen LogP contribution in [0.1, 0.15) is 15.9 Å². The molecule has 5 rings (SSSR count). The molecule has 1 aromatic carbocycles. The van der Waals surface area contributed by atoms with Crippen LogP contribution in [-0.4, -0.2) is 58.9 Å². The van der Waals surface area contributed by atoms with E-state index in [9.17, 15) is 4.79 Å². The first-order valence-electron chi connectivity index (χ1n) is 10.9. The van der Waals surface area contributed by atoms with Gasteiger partial charge < -0.3 is 14.5 Å². The van der Waals surface area contributed by atoms with Crippen LogP contribution in [0.25, 0.3) is 16.3 Å². The lowest BCUT2D eigenvalue weighted by atomic mass is 10.1. The second kappa shape index (κ2) is 9.56. The molecule has 0 N–H and O–H groups in total. The van der Waals surface area contributed by atoms with E-state index in [4.69, 9.17) is 9.84 Å². The van der Waals surface area contributed by atoms with Crippen molar-refractivity contribution in [1.29, 1.82) is 0 Å². The van der Waals surface area contributed by atoms with Gasteiger partial charge in [-0.2, -0.15) is 5.10 Å². The highest BCUT2D eigenvalue weighted by Crippen LogP contribution is 2.29. The van der Waals surface area contributed by atoms with Crippen LogP contribution in [0, 0.1) is 0 Å². The fourth-order valence-corrected chi connectivity index (χ4v) is 4.73. The number of carbonyl (C=O) groups excluding carboxylic acids is 1. The predicted octanol–water partition coefficient (Wildman–Crippen LogP) is 4.10. The summed E-state index contributed by atoms with van der Waals surface area (Å²) in [5, 5.41) is 6.90. The molecule has 4 aromatic rings. The smallest absolute Gasteiger partial charge is 0.257 e. The first-order valence-corrected chi connectivity index (χ1v) is 11.8. The molecule has 0 saturated carbocycles. The van der Waals surface area contributed by atoms with E-state index >= 15 is 0 Å². The zero-order chi connectivity index (χ0) is 22.6. The number of hydrogen-bond donors (Lipinski definition) is 0. The van der Waals surface area contributed by atoms with Crippen LogP contribution in [0.15, 0.2) is 72.4 Å². The number of aromatic nitrogens is 3. The number of carbonyl (C=O) groups is 1. The number of rotatable bonds is 6. The highest BCUT2D eigenvalue weighted by Gasteiger charge is 2.24. The molecule has 0 radical (unpaired) electrons. The van der Waals surface area contributed by atoms with E-state index in [0.29, 0.717) is 25.3 Å². The van der Waals surface area contributed by atoms with Crippen molar-refractivity contribution < 1.29 is 9.53 Å². The van der Waals surface area contributed by atoms with Gasteiger partial charge in [0, 0.05) is 44.6 Å². The minimum Gasteiger partial charge on any atom is -0.378 e. The molecule has 7 nitrogen and oxygen atoms in total. The van der Waals surface area contributed by atoms with E-state index in [1.807, 2.05) is 71.8 Å². The maximum atomic E-state index is 13.5. The number of benzene rings is 1. The highest BCUT2D eigenvalue weighted by atomic mass is 32.1. The molecule has 33 heavy (non-hydrogen) atoms. The quantitative estimate of drug-likeness (QED) is 0.434. The summed E-state index contributed by atoms with van der Waals surface area (Å²) in [5.41, 5.74) is 3.48. The number of ether oxygens (including phenoxy) is 1. The van der Waals surface area contributed by atoms with Crippen molar-refractivity contribution in [3.8, 4) is 16.3 Å². The minimum atomic E-state index is -0.0609. The molecular weight excluding hydrogens is 434 g/mol. The van der Waals surface area contributed by atoms with Gasteiger partial charge in [0.05, 0.1) is 29.3 Å². The van der Waals surface area contributed by atoms with Crippen molar-refractivity contribution >= 4 is 23.1 Å². The van der Waals surface area contributed by atoms with Gasteiger partial charge in [-0.15, -0.1) is 11.3 Å². The maximum absolute atomic E-state index is 13.5. The third-order valence-electron chi connectivity index (χ3n) is 5.65. The van der Waals surface area contributed by atoms with Crippen LogP contribution < -0.4 is 4.90 Å². The Hall–Kier alpha value is -3.49. The molecule has 1 aliphatic rings. The van der Waals surface area contributed by atoms with Gasteiger partial charge in [-0.25, -0.2) is 9.67 Å². The predicted molar refractivity (Wildman–Crippen MR) is 130 cm³/mol. The summed E-state index contributed by atoms with van der Waals surface area (Å²) in [5.74, 6) is 0.658. The van der Waals surface area contributed by atoms with Gasteiger partial charge in [0.1, 0.15) is 11.5 Å². The zero-order valence-corrected chi connectivity index (χ0v) is 19.2. The van der Waals surface area contributed by atoms with E-state index in [1.165, 1.54) is 0 Å². The van der Waals surface area contributed by atoms with Crippen molar-refractivity contribution in [3.63, 3.8) is 0 Å². The monoisotopic (exact) mass is 459 g/mol. The summed E-state index contributed by atoms with van der Waals surface area (Å²) in [4.78, 5) is 23.0. The molecule has 0 atom stereocenters. The highest BCUT2D eigenvalue weighted by molar-refractivity contribution is 7.13. The Balaban J connectivity index is 1.44. The molecule has 1 fully saturated rings. The largest absolute Gasteiger partial charge is 0.378 e. The van der Waals surface area contributed by atoms with Crippen molar-refractivity contribution in [3.05, 3.63) is 83.5 Å².